The summed E-state index contributed by atoms with van der Waals surface area (Å²) in [4.78, 5) is 22.7. The number of carbonyl (C=O) groups is 1. The molecule has 5 heteroatoms. The van der Waals surface area contributed by atoms with Crippen molar-refractivity contribution in [3.8, 4) is 5.75 Å². The van der Waals surface area contributed by atoms with Crippen LogP contribution >= 0.6 is 15.9 Å². The van der Waals surface area contributed by atoms with Crippen LogP contribution in [0.2, 0.25) is 0 Å². The zero-order valence-corrected chi connectivity index (χ0v) is 9.91. The monoisotopic (exact) mass is 282 g/mol. The molecule has 0 N–H and O–H groups in total. The largest absolute Gasteiger partial charge is 0.445 e. The number of ether oxygens (including phenoxy) is 1. The van der Waals surface area contributed by atoms with Crippen LogP contribution < -0.4 is 10.2 Å². The van der Waals surface area contributed by atoms with Gasteiger partial charge in [-0.3, -0.25) is 9.59 Å². The summed E-state index contributed by atoms with van der Waals surface area (Å²) in [5, 5.41) is 0.377. The van der Waals surface area contributed by atoms with E-state index in [0.29, 0.717) is 11.0 Å². The lowest BCUT2D eigenvalue weighted by atomic mass is 10.2. The summed E-state index contributed by atoms with van der Waals surface area (Å²) in [6.07, 6.45) is 0. The van der Waals surface area contributed by atoms with Crippen LogP contribution in [0.4, 0.5) is 0 Å². The summed E-state index contributed by atoms with van der Waals surface area (Å²) in [6.45, 7) is 1.22. The van der Waals surface area contributed by atoms with Gasteiger partial charge in [-0.25, -0.2) is 0 Å². The number of rotatable bonds is 1. The molecule has 1 heterocycles. The number of benzene rings is 1. The lowest BCUT2D eigenvalue weighted by molar-refractivity contribution is -0.132. The second-order valence-corrected chi connectivity index (χ2v) is 3.84. The van der Waals surface area contributed by atoms with Crippen LogP contribution in [-0.2, 0) is 4.79 Å². The quantitative estimate of drug-likeness (QED) is 0.754. The second kappa shape index (κ2) is 4.09. The van der Waals surface area contributed by atoms with Crippen molar-refractivity contribution < 1.29 is 13.9 Å². The summed E-state index contributed by atoms with van der Waals surface area (Å²) in [5.74, 6) is -0.686. The zero-order valence-electron chi connectivity index (χ0n) is 8.32. The Labute approximate surface area is 99.0 Å². The number of halogens is 1. The minimum atomic E-state index is -0.566. The van der Waals surface area contributed by atoms with Crippen molar-refractivity contribution in [1.29, 1.82) is 0 Å². The molecule has 0 saturated heterocycles. The van der Waals surface area contributed by atoms with Crippen molar-refractivity contribution in [3.05, 3.63) is 39.2 Å². The fraction of sp³-hybridized carbons (Fsp3) is 0.0909. The first-order valence-electron chi connectivity index (χ1n) is 4.49. The van der Waals surface area contributed by atoms with E-state index in [2.05, 4.69) is 15.9 Å². The molecule has 1 aromatic carbocycles. The number of fused-ring (bicyclic) bond motifs is 1. The predicted octanol–water partition coefficient (Wildman–Crippen LogP) is 2.48. The summed E-state index contributed by atoms with van der Waals surface area (Å²) >= 11 is 3.05. The van der Waals surface area contributed by atoms with E-state index in [1.165, 1.54) is 6.92 Å². The smallest absolute Gasteiger partial charge is 0.308 e. The Hall–Kier alpha value is -1.62. The highest BCUT2D eigenvalue weighted by Gasteiger charge is 2.14. The third-order valence-electron chi connectivity index (χ3n) is 1.96. The molecule has 0 amide bonds. The van der Waals surface area contributed by atoms with Gasteiger partial charge in [0.15, 0.2) is 0 Å². The van der Waals surface area contributed by atoms with E-state index < -0.39 is 5.97 Å². The molecule has 4 nitrogen and oxygen atoms in total. The van der Waals surface area contributed by atoms with Gasteiger partial charge in [0.05, 0.1) is 5.39 Å². The van der Waals surface area contributed by atoms with Gasteiger partial charge in [0.25, 0.3) is 0 Å². The summed E-state index contributed by atoms with van der Waals surface area (Å²) in [6, 6.07) is 6.74. The highest BCUT2D eigenvalue weighted by molar-refractivity contribution is 9.10. The summed E-state index contributed by atoms with van der Waals surface area (Å²) < 4.78 is 10.2. The first kappa shape index (κ1) is 10.9. The van der Waals surface area contributed by atoms with E-state index >= 15 is 0 Å². The number of para-hydroxylation sites is 1. The number of esters is 1. The molecule has 0 aliphatic rings. The second-order valence-electron chi connectivity index (χ2n) is 3.12. The third-order valence-corrected chi connectivity index (χ3v) is 2.48. The van der Waals surface area contributed by atoms with E-state index in [0.717, 1.165) is 0 Å². The molecule has 0 aliphatic carbocycles. The van der Waals surface area contributed by atoms with Crippen LogP contribution in [-0.4, -0.2) is 5.97 Å². The Morgan fingerprint density at radius 1 is 1.38 bits per heavy atom. The van der Waals surface area contributed by atoms with Gasteiger partial charge in [-0.1, -0.05) is 12.1 Å². The standard InChI is InChI=1S/C11H7BrO4/c1-6(13)15-10-9(14)7-4-2-3-5-8(7)16-11(10)12/h2-5H,1H3. The zero-order chi connectivity index (χ0) is 11.7. The maximum absolute atomic E-state index is 11.9. The molecule has 0 unspecified atom stereocenters. The Morgan fingerprint density at radius 2 is 2.06 bits per heavy atom. The molecular weight excluding hydrogens is 276 g/mol. The topological polar surface area (TPSA) is 56.5 Å². The highest BCUT2D eigenvalue weighted by Crippen LogP contribution is 2.25. The van der Waals surface area contributed by atoms with Gasteiger partial charge in [0.2, 0.25) is 15.8 Å². The lowest BCUT2D eigenvalue weighted by Crippen LogP contribution is -2.12. The number of carbonyl (C=O) groups excluding carboxylic acids is 1. The predicted molar refractivity (Wildman–Crippen MR) is 61.5 cm³/mol. The van der Waals surface area contributed by atoms with Gasteiger partial charge in [-0.2, -0.15) is 0 Å². The molecule has 0 saturated carbocycles. The Balaban J connectivity index is 2.76. The third kappa shape index (κ3) is 1.86. The van der Waals surface area contributed by atoms with Crippen LogP contribution in [0.5, 0.6) is 5.75 Å². The van der Waals surface area contributed by atoms with Gasteiger partial charge in [-0.15, -0.1) is 0 Å². The van der Waals surface area contributed by atoms with Gasteiger partial charge in [0.1, 0.15) is 5.58 Å². The van der Waals surface area contributed by atoms with Crippen molar-refractivity contribution in [2.75, 3.05) is 0 Å². The fourth-order valence-corrected chi connectivity index (χ4v) is 1.76. The number of hydrogen-bond acceptors (Lipinski definition) is 4. The van der Waals surface area contributed by atoms with Crippen LogP contribution in [0.25, 0.3) is 11.0 Å². The highest BCUT2D eigenvalue weighted by atomic mass is 79.9. The van der Waals surface area contributed by atoms with Crippen LogP contribution in [0.1, 0.15) is 6.92 Å². The Morgan fingerprint density at radius 3 is 2.75 bits per heavy atom. The summed E-state index contributed by atoms with van der Waals surface area (Å²) in [5.41, 5.74) is 0.0687. The minimum Gasteiger partial charge on any atom is -0.445 e. The molecule has 2 rings (SSSR count). The van der Waals surface area contributed by atoms with Crippen LogP contribution in [0.15, 0.2) is 38.1 Å². The van der Waals surface area contributed by atoms with E-state index in [1.807, 2.05) is 0 Å². The molecule has 0 atom stereocenters. The van der Waals surface area contributed by atoms with E-state index in [-0.39, 0.29) is 15.8 Å². The Kier molecular flexibility index (Phi) is 2.78. The first-order valence-corrected chi connectivity index (χ1v) is 5.28. The average Bonchev–Trinajstić information content (AvgIpc) is 2.24. The van der Waals surface area contributed by atoms with E-state index in [1.54, 1.807) is 24.3 Å². The first-order chi connectivity index (χ1) is 7.59. The van der Waals surface area contributed by atoms with Crippen molar-refractivity contribution in [2.24, 2.45) is 0 Å². The van der Waals surface area contributed by atoms with Gasteiger partial charge in [-0.05, 0) is 28.1 Å². The molecule has 16 heavy (non-hydrogen) atoms. The molecule has 0 spiro atoms. The van der Waals surface area contributed by atoms with Gasteiger partial charge < -0.3 is 9.15 Å². The normalized spacial score (nSPS) is 10.4. The maximum atomic E-state index is 11.9. The molecule has 0 fully saturated rings. The summed E-state index contributed by atoms with van der Waals surface area (Å²) in [7, 11) is 0. The molecule has 0 radical (unpaired) electrons. The fourth-order valence-electron chi connectivity index (χ4n) is 1.33. The average molecular weight is 283 g/mol. The van der Waals surface area contributed by atoms with Crippen LogP contribution in [0, 0.1) is 0 Å². The van der Waals surface area contributed by atoms with Crippen molar-refractivity contribution in [1.82, 2.24) is 0 Å². The van der Waals surface area contributed by atoms with E-state index in [4.69, 9.17) is 9.15 Å². The lowest BCUT2D eigenvalue weighted by Gasteiger charge is -2.04. The minimum absolute atomic E-state index is 0.117. The molecule has 0 bridgehead atoms. The molecular formula is C11H7BrO4. The maximum Gasteiger partial charge on any atom is 0.308 e. The molecule has 1 aromatic heterocycles. The van der Waals surface area contributed by atoms with Gasteiger partial charge in [0, 0.05) is 6.92 Å². The molecule has 82 valence electrons. The van der Waals surface area contributed by atoms with Crippen LogP contribution in [0.3, 0.4) is 0 Å². The van der Waals surface area contributed by atoms with Crippen molar-refractivity contribution in [2.45, 2.75) is 6.92 Å². The van der Waals surface area contributed by atoms with Crippen molar-refractivity contribution in [3.63, 3.8) is 0 Å². The SMILES string of the molecule is CC(=O)Oc1c(Br)oc2ccccc2c1=O. The van der Waals surface area contributed by atoms with E-state index in [9.17, 15) is 9.59 Å². The molecule has 2 aromatic rings. The number of hydrogen-bond donors (Lipinski definition) is 0. The van der Waals surface area contributed by atoms with Crippen molar-refractivity contribution >= 4 is 32.9 Å². The Bertz CT molecular complexity index is 615. The molecule has 0 aliphatic heterocycles. The van der Waals surface area contributed by atoms with Gasteiger partial charge >= 0.3 is 5.97 Å².